The van der Waals surface area contributed by atoms with Gasteiger partial charge in [0.25, 0.3) is 0 Å². The molecule has 1 N–H and O–H groups in total. The third-order valence-electron chi connectivity index (χ3n) is 4.94. The number of anilines is 1. The summed E-state index contributed by atoms with van der Waals surface area (Å²) < 4.78 is 1.83. The zero-order chi connectivity index (χ0) is 19.2. The van der Waals surface area contributed by atoms with Gasteiger partial charge >= 0.3 is 0 Å². The van der Waals surface area contributed by atoms with Crippen LogP contribution < -0.4 is 4.90 Å². The average Bonchev–Trinajstić information content (AvgIpc) is 3.17. The fourth-order valence-corrected chi connectivity index (χ4v) is 3.39. The lowest BCUT2D eigenvalue weighted by Crippen LogP contribution is -2.31. The molecule has 1 aliphatic heterocycles. The summed E-state index contributed by atoms with van der Waals surface area (Å²) in [6.07, 6.45) is 0.710. The van der Waals surface area contributed by atoms with Crippen LogP contribution >= 0.6 is 0 Å². The van der Waals surface area contributed by atoms with Gasteiger partial charge in [-0.05, 0) is 18.9 Å². The maximum Gasteiger partial charge on any atom is 0.184 e. The van der Waals surface area contributed by atoms with Crippen LogP contribution in [0.3, 0.4) is 0 Å². The fourth-order valence-electron chi connectivity index (χ4n) is 3.39. The third kappa shape index (κ3) is 3.51. The zero-order valence-electron chi connectivity index (χ0n) is 16.3. The van der Waals surface area contributed by atoms with E-state index in [1.54, 1.807) is 0 Å². The molecular weight excluding hydrogens is 340 g/mol. The van der Waals surface area contributed by atoms with Crippen LogP contribution in [0.2, 0.25) is 0 Å². The molecule has 0 saturated carbocycles. The molecule has 1 saturated heterocycles. The van der Waals surface area contributed by atoms with Crippen molar-refractivity contribution in [2.24, 2.45) is 0 Å². The fraction of sp³-hybridized carbons (Fsp3) is 0.500. The zero-order valence-corrected chi connectivity index (χ0v) is 16.3. The van der Waals surface area contributed by atoms with E-state index in [1.807, 2.05) is 29.8 Å². The topological polar surface area (TPSA) is 80.0 Å². The van der Waals surface area contributed by atoms with Crippen LogP contribution in [-0.2, 0) is 12.0 Å². The highest BCUT2D eigenvalue weighted by Crippen LogP contribution is 2.31. The van der Waals surface area contributed by atoms with Gasteiger partial charge in [-0.1, -0.05) is 56.3 Å². The Hall–Kier alpha value is -2.54. The second-order valence-electron chi connectivity index (χ2n) is 8.69. The van der Waals surface area contributed by atoms with E-state index in [9.17, 15) is 5.11 Å². The number of hydrogen-bond acceptors (Lipinski definition) is 6. The Morgan fingerprint density at radius 3 is 2.52 bits per heavy atom. The van der Waals surface area contributed by atoms with Crippen LogP contribution in [0.1, 0.15) is 45.5 Å². The van der Waals surface area contributed by atoms with Crippen molar-refractivity contribution >= 4 is 17.0 Å². The van der Waals surface area contributed by atoms with Gasteiger partial charge in [-0.25, -0.2) is 14.6 Å². The van der Waals surface area contributed by atoms with Crippen molar-refractivity contribution in [2.45, 2.75) is 51.7 Å². The van der Waals surface area contributed by atoms with Crippen molar-refractivity contribution in [3.05, 3.63) is 41.7 Å². The standard InChI is InChI=1S/C20H26N6O/c1-19(2,3)18-21-16(25-11-10-20(4,27)13-25)15-17(22-18)26(24-23-15)12-14-8-6-5-7-9-14/h5-9,27H,10-13H2,1-4H3. The van der Waals surface area contributed by atoms with Crippen LogP contribution in [0.15, 0.2) is 30.3 Å². The molecule has 0 bridgehead atoms. The lowest BCUT2D eigenvalue weighted by Gasteiger charge is -2.23. The number of aromatic nitrogens is 5. The van der Waals surface area contributed by atoms with Crippen LogP contribution in [0.5, 0.6) is 0 Å². The van der Waals surface area contributed by atoms with Gasteiger partial charge in [0.2, 0.25) is 0 Å². The van der Waals surface area contributed by atoms with E-state index in [4.69, 9.17) is 9.97 Å². The highest BCUT2D eigenvalue weighted by atomic mass is 16.3. The minimum Gasteiger partial charge on any atom is -0.388 e. The van der Waals surface area contributed by atoms with E-state index in [-0.39, 0.29) is 5.41 Å². The lowest BCUT2D eigenvalue weighted by molar-refractivity contribution is 0.0839. The Labute approximate surface area is 159 Å². The second-order valence-corrected chi connectivity index (χ2v) is 8.69. The van der Waals surface area contributed by atoms with E-state index in [0.717, 1.165) is 29.4 Å². The van der Waals surface area contributed by atoms with Gasteiger partial charge in [0.1, 0.15) is 5.82 Å². The van der Waals surface area contributed by atoms with Crippen LogP contribution in [0.4, 0.5) is 5.82 Å². The first-order valence-corrected chi connectivity index (χ1v) is 9.36. The smallest absolute Gasteiger partial charge is 0.184 e. The largest absolute Gasteiger partial charge is 0.388 e. The Morgan fingerprint density at radius 2 is 1.89 bits per heavy atom. The Kier molecular flexibility index (Phi) is 4.14. The molecule has 0 aliphatic carbocycles. The van der Waals surface area contributed by atoms with Crippen molar-refractivity contribution in [2.75, 3.05) is 18.0 Å². The molecule has 1 aliphatic rings. The van der Waals surface area contributed by atoms with Crippen molar-refractivity contribution in [1.82, 2.24) is 25.0 Å². The molecule has 3 aromatic rings. The number of fused-ring (bicyclic) bond motifs is 1. The first-order chi connectivity index (χ1) is 12.7. The molecule has 0 amide bonds. The minimum absolute atomic E-state index is 0.201. The Balaban J connectivity index is 1.83. The molecule has 7 heteroatoms. The first-order valence-electron chi connectivity index (χ1n) is 9.36. The molecule has 1 atom stereocenters. The van der Waals surface area contributed by atoms with Gasteiger partial charge in [0.15, 0.2) is 17.0 Å². The van der Waals surface area contributed by atoms with Crippen LogP contribution in [0, 0.1) is 0 Å². The van der Waals surface area contributed by atoms with Crippen molar-refractivity contribution in [1.29, 1.82) is 0 Å². The molecule has 142 valence electrons. The van der Waals surface area contributed by atoms with E-state index in [0.29, 0.717) is 25.0 Å². The molecule has 0 spiro atoms. The predicted molar refractivity (Wildman–Crippen MR) is 105 cm³/mol. The van der Waals surface area contributed by atoms with Gasteiger partial charge < -0.3 is 10.0 Å². The summed E-state index contributed by atoms with van der Waals surface area (Å²) in [5.41, 5.74) is 1.66. The van der Waals surface area contributed by atoms with Crippen LogP contribution in [0.25, 0.3) is 11.2 Å². The summed E-state index contributed by atoms with van der Waals surface area (Å²) in [5, 5.41) is 19.2. The summed E-state index contributed by atoms with van der Waals surface area (Å²) in [6, 6.07) is 10.2. The molecule has 27 heavy (non-hydrogen) atoms. The third-order valence-corrected chi connectivity index (χ3v) is 4.94. The van der Waals surface area contributed by atoms with Crippen molar-refractivity contribution in [3.8, 4) is 0 Å². The van der Waals surface area contributed by atoms with Gasteiger partial charge in [-0.2, -0.15) is 0 Å². The van der Waals surface area contributed by atoms with Gasteiger partial charge in [0, 0.05) is 18.5 Å². The van der Waals surface area contributed by atoms with E-state index in [2.05, 4.69) is 48.1 Å². The summed E-state index contributed by atoms with van der Waals surface area (Å²) in [4.78, 5) is 11.7. The Bertz CT molecular complexity index is 958. The van der Waals surface area contributed by atoms with Crippen molar-refractivity contribution < 1.29 is 5.11 Å². The maximum atomic E-state index is 10.4. The summed E-state index contributed by atoms with van der Waals surface area (Å²) in [5.74, 6) is 1.52. The average molecular weight is 366 g/mol. The number of aliphatic hydroxyl groups is 1. The van der Waals surface area contributed by atoms with Gasteiger partial charge in [0.05, 0.1) is 12.1 Å². The van der Waals surface area contributed by atoms with Gasteiger partial charge in [-0.3, -0.25) is 0 Å². The minimum atomic E-state index is -0.709. The Morgan fingerprint density at radius 1 is 1.15 bits per heavy atom. The highest BCUT2D eigenvalue weighted by Gasteiger charge is 2.34. The van der Waals surface area contributed by atoms with Gasteiger partial charge in [-0.15, -0.1) is 5.10 Å². The lowest BCUT2D eigenvalue weighted by atomic mass is 9.96. The van der Waals surface area contributed by atoms with E-state index < -0.39 is 5.60 Å². The number of benzene rings is 1. The van der Waals surface area contributed by atoms with E-state index >= 15 is 0 Å². The predicted octanol–water partition coefficient (Wildman–Crippen LogP) is 2.53. The number of β-amino-alcohol motifs (C(OH)–C–C–N with tert-alkyl or cyclic N) is 1. The highest BCUT2D eigenvalue weighted by molar-refractivity contribution is 5.83. The van der Waals surface area contributed by atoms with E-state index in [1.165, 1.54) is 0 Å². The number of rotatable bonds is 3. The summed E-state index contributed by atoms with van der Waals surface area (Å²) in [6.45, 7) is 10.1. The summed E-state index contributed by atoms with van der Waals surface area (Å²) >= 11 is 0. The van der Waals surface area contributed by atoms with Crippen molar-refractivity contribution in [3.63, 3.8) is 0 Å². The monoisotopic (exact) mass is 366 g/mol. The molecule has 3 heterocycles. The second kappa shape index (κ2) is 6.27. The number of nitrogens with zero attached hydrogens (tertiary/aromatic N) is 6. The number of hydrogen-bond donors (Lipinski definition) is 1. The van der Waals surface area contributed by atoms with Crippen LogP contribution in [-0.4, -0.2) is 48.8 Å². The molecule has 1 aromatic carbocycles. The molecule has 1 unspecified atom stereocenters. The SMILES string of the molecule is CC1(O)CCN(c2nc(C(C)(C)C)nc3c2nnn3Cc2ccccc2)C1. The quantitative estimate of drug-likeness (QED) is 0.767. The molecule has 2 aromatic heterocycles. The molecule has 7 nitrogen and oxygen atoms in total. The molecule has 1 fully saturated rings. The normalized spacial score (nSPS) is 20.6. The molecular formula is C20H26N6O. The summed E-state index contributed by atoms with van der Waals surface area (Å²) in [7, 11) is 0. The first kappa shape index (κ1) is 17.9. The maximum absolute atomic E-state index is 10.4. The molecule has 4 rings (SSSR count). The molecule has 0 radical (unpaired) electrons.